The number of nitrogens with zero attached hydrogens (tertiary/aromatic N) is 4. The van der Waals surface area contributed by atoms with Gasteiger partial charge in [-0.25, -0.2) is 9.78 Å². The van der Waals surface area contributed by atoms with Gasteiger partial charge in [0.2, 0.25) is 5.91 Å². The quantitative estimate of drug-likeness (QED) is 0.337. The highest BCUT2D eigenvalue weighted by atomic mass is 32.2. The van der Waals surface area contributed by atoms with Crippen molar-refractivity contribution in [3.8, 4) is 23.3 Å². The lowest BCUT2D eigenvalue weighted by Gasteiger charge is -2.27. The lowest BCUT2D eigenvalue weighted by Crippen LogP contribution is -2.28. The zero-order valence-corrected chi connectivity index (χ0v) is 22.5. The molecule has 0 aromatic carbocycles. The number of hydrogen-bond acceptors (Lipinski definition) is 10. The SMILES string of the molecule is CCOC(=O)c1sc(NC(=O)CSc2nc3c(c(-c4ccsc4)c2C#N)CN(C)CC3)c(C#N)c1C. The van der Waals surface area contributed by atoms with Gasteiger partial charge in [0.15, 0.2) is 0 Å². The number of pyridine rings is 1. The number of anilines is 1. The first-order valence-electron chi connectivity index (χ1n) is 11.2. The van der Waals surface area contributed by atoms with Crippen molar-refractivity contribution < 1.29 is 14.3 Å². The Morgan fingerprint density at radius 1 is 1.31 bits per heavy atom. The molecule has 3 aromatic heterocycles. The number of fused-ring (bicyclic) bond motifs is 1. The number of rotatable bonds is 7. The highest BCUT2D eigenvalue weighted by Gasteiger charge is 2.26. The van der Waals surface area contributed by atoms with E-state index in [2.05, 4.69) is 29.4 Å². The van der Waals surface area contributed by atoms with E-state index in [0.29, 0.717) is 32.6 Å². The number of nitrogens with one attached hydrogen (secondary N) is 1. The molecule has 0 saturated carbocycles. The first kappa shape index (κ1) is 25.9. The molecule has 1 aliphatic rings. The van der Waals surface area contributed by atoms with E-state index in [1.165, 1.54) is 11.8 Å². The Bertz CT molecular complexity index is 1400. The van der Waals surface area contributed by atoms with Crippen LogP contribution in [0.3, 0.4) is 0 Å². The molecule has 0 saturated heterocycles. The molecule has 0 bridgehead atoms. The third-order valence-corrected chi connectivity index (χ3v) is 8.59. The average Bonchev–Trinajstić information content (AvgIpc) is 3.50. The number of ether oxygens (including phenoxy) is 1. The number of thiophene rings is 2. The van der Waals surface area contributed by atoms with Gasteiger partial charge in [-0.15, -0.1) is 11.3 Å². The van der Waals surface area contributed by atoms with E-state index in [1.807, 2.05) is 16.8 Å². The number of hydrogen-bond donors (Lipinski definition) is 1. The molecule has 1 N–H and O–H groups in total. The minimum Gasteiger partial charge on any atom is -0.462 e. The predicted molar refractivity (Wildman–Crippen MR) is 141 cm³/mol. The molecule has 1 aliphatic heterocycles. The number of carbonyl (C=O) groups is 2. The van der Waals surface area contributed by atoms with Crippen LogP contribution in [0.15, 0.2) is 21.9 Å². The van der Waals surface area contributed by atoms with E-state index in [0.717, 1.165) is 46.7 Å². The van der Waals surface area contributed by atoms with Gasteiger partial charge in [-0.1, -0.05) is 11.8 Å². The summed E-state index contributed by atoms with van der Waals surface area (Å²) in [6, 6.07) is 6.39. The van der Waals surface area contributed by atoms with Gasteiger partial charge in [0.1, 0.15) is 27.0 Å². The summed E-state index contributed by atoms with van der Waals surface area (Å²) >= 11 is 3.79. The molecule has 0 spiro atoms. The van der Waals surface area contributed by atoms with E-state index < -0.39 is 5.97 Å². The topological polar surface area (TPSA) is 119 Å². The smallest absolute Gasteiger partial charge is 0.348 e. The summed E-state index contributed by atoms with van der Waals surface area (Å²) in [7, 11) is 2.05. The van der Waals surface area contributed by atoms with Crippen molar-refractivity contribution in [1.29, 1.82) is 10.5 Å². The van der Waals surface area contributed by atoms with Crippen LogP contribution in [0.25, 0.3) is 11.1 Å². The largest absolute Gasteiger partial charge is 0.462 e. The van der Waals surface area contributed by atoms with Crippen LogP contribution in [0.2, 0.25) is 0 Å². The molecule has 4 rings (SSSR count). The predicted octanol–water partition coefficient (Wildman–Crippen LogP) is 4.82. The van der Waals surface area contributed by atoms with Gasteiger partial charge in [-0.2, -0.15) is 21.9 Å². The number of amides is 1. The Morgan fingerprint density at radius 3 is 2.75 bits per heavy atom. The van der Waals surface area contributed by atoms with Crippen LogP contribution < -0.4 is 5.32 Å². The number of thioether (sulfide) groups is 1. The van der Waals surface area contributed by atoms with Crippen molar-refractivity contribution >= 4 is 51.3 Å². The molecule has 36 heavy (non-hydrogen) atoms. The molecule has 184 valence electrons. The summed E-state index contributed by atoms with van der Waals surface area (Å²) in [5.41, 5.74) is 5.08. The maximum absolute atomic E-state index is 12.8. The van der Waals surface area contributed by atoms with Crippen molar-refractivity contribution in [1.82, 2.24) is 9.88 Å². The number of nitriles is 2. The van der Waals surface area contributed by atoms with Gasteiger partial charge in [-0.05, 0) is 54.4 Å². The van der Waals surface area contributed by atoms with Crippen LogP contribution in [0, 0.1) is 29.6 Å². The highest BCUT2D eigenvalue weighted by Crippen LogP contribution is 2.38. The molecule has 0 aliphatic carbocycles. The lowest BCUT2D eigenvalue weighted by atomic mass is 9.93. The lowest BCUT2D eigenvalue weighted by molar-refractivity contribution is -0.113. The standard InChI is InChI=1S/C25H23N5O3S3/c1-4-33-25(32)22-14(2)16(9-26)24(36-22)29-20(31)13-35-23-17(10-27)21(15-6-8-34-12-15)18-11-30(3)7-5-19(18)28-23/h6,8,12H,4-5,7,11,13H2,1-3H3,(H,29,31). The normalized spacial score (nSPS) is 12.9. The molecule has 1 amide bonds. The maximum atomic E-state index is 12.8. The van der Waals surface area contributed by atoms with Crippen molar-refractivity contribution in [3.63, 3.8) is 0 Å². The molecule has 0 unspecified atom stereocenters. The second-order valence-electron chi connectivity index (χ2n) is 8.13. The molecule has 11 heteroatoms. The van der Waals surface area contributed by atoms with Crippen LogP contribution >= 0.6 is 34.4 Å². The van der Waals surface area contributed by atoms with E-state index in [1.54, 1.807) is 25.2 Å². The summed E-state index contributed by atoms with van der Waals surface area (Å²) in [4.78, 5) is 32.3. The molecule has 8 nitrogen and oxygen atoms in total. The molecule has 3 aromatic rings. The molecular weight excluding hydrogens is 515 g/mol. The molecule has 0 fully saturated rings. The summed E-state index contributed by atoms with van der Waals surface area (Å²) < 4.78 is 5.06. The van der Waals surface area contributed by atoms with Crippen LogP contribution in [0.5, 0.6) is 0 Å². The first-order valence-corrected chi connectivity index (χ1v) is 13.9. The third-order valence-electron chi connectivity index (χ3n) is 5.74. The second kappa shape index (κ2) is 11.2. The van der Waals surface area contributed by atoms with Crippen molar-refractivity contribution in [2.24, 2.45) is 0 Å². The summed E-state index contributed by atoms with van der Waals surface area (Å²) in [6.45, 7) is 5.17. The van der Waals surface area contributed by atoms with Crippen LogP contribution in [-0.4, -0.2) is 47.7 Å². The fourth-order valence-electron chi connectivity index (χ4n) is 4.03. The molecule has 0 radical (unpaired) electrons. The summed E-state index contributed by atoms with van der Waals surface area (Å²) in [6.07, 6.45) is 0.769. The Hall–Kier alpha value is -3.22. The second-order valence-corrected chi connectivity index (χ2v) is 10.9. The Kier molecular flexibility index (Phi) is 8.07. The minimum absolute atomic E-state index is 0.00000228. The number of carbonyl (C=O) groups excluding carboxylic acids is 2. The Morgan fingerprint density at radius 2 is 2.08 bits per heavy atom. The minimum atomic E-state index is -0.519. The fraction of sp³-hybridized carbons (Fsp3) is 0.320. The van der Waals surface area contributed by atoms with Crippen molar-refractivity contribution in [2.75, 3.05) is 31.3 Å². The first-order chi connectivity index (χ1) is 17.4. The maximum Gasteiger partial charge on any atom is 0.348 e. The average molecular weight is 538 g/mol. The fourth-order valence-corrected chi connectivity index (χ4v) is 6.55. The van der Waals surface area contributed by atoms with Crippen molar-refractivity contribution in [3.05, 3.63) is 49.7 Å². The van der Waals surface area contributed by atoms with Gasteiger partial charge >= 0.3 is 5.97 Å². The summed E-state index contributed by atoms with van der Waals surface area (Å²) in [5, 5.41) is 27.2. The van der Waals surface area contributed by atoms with Crippen LogP contribution in [0.1, 0.15) is 44.5 Å². The zero-order valence-electron chi connectivity index (χ0n) is 20.0. The van der Waals surface area contributed by atoms with Crippen molar-refractivity contribution in [2.45, 2.75) is 31.8 Å². The third kappa shape index (κ3) is 5.15. The number of likely N-dealkylation sites (N-methyl/N-ethyl adjacent to an activating group) is 1. The van der Waals surface area contributed by atoms with E-state index in [-0.39, 0.29) is 23.8 Å². The monoisotopic (exact) mass is 537 g/mol. The Balaban J connectivity index is 1.59. The van der Waals surface area contributed by atoms with Gasteiger partial charge in [0.05, 0.1) is 23.5 Å². The van der Waals surface area contributed by atoms with E-state index in [4.69, 9.17) is 9.72 Å². The van der Waals surface area contributed by atoms with Crippen LogP contribution in [-0.2, 0) is 22.5 Å². The number of aromatic nitrogens is 1. The zero-order chi connectivity index (χ0) is 25.8. The molecule has 0 atom stereocenters. The van der Waals surface area contributed by atoms with Gasteiger partial charge in [-0.3, -0.25) is 4.79 Å². The molecule has 4 heterocycles. The van der Waals surface area contributed by atoms with Gasteiger partial charge in [0, 0.05) is 30.8 Å². The number of esters is 1. The van der Waals surface area contributed by atoms with Gasteiger partial charge in [0.25, 0.3) is 0 Å². The van der Waals surface area contributed by atoms with E-state index in [9.17, 15) is 20.1 Å². The Labute approximate surface area is 221 Å². The van der Waals surface area contributed by atoms with Gasteiger partial charge < -0.3 is 15.0 Å². The van der Waals surface area contributed by atoms with E-state index >= 15 is 0 Å². The van der Waals surface area contributed by atoms with Crippen LogP contribution in [0.4, 0.5) is 5.00 Å². The summed E-state index contributed by atoms with van der Waals surface area (Å²) in [5.74, 6) is -0.872. The highest BCUT2D eigenvalue weighted by molar-refractivity contribution is 8.00. The molecular formula is C25H23N5O3S3.